The van der Waals surface area contributed by atoms with Gasteiger partial charge in [0.1, 0.15) is 0 Å². The molecule has 0 atom stereocenters. The number of rotatable bonds is 5. The third-order valence-electron chi connectivity index (χ3n) is 4.64. The van der Waals surface area contributed by atoms with Crippen molar-refractivity contribution in [3.8, 4) is 0 Å². The number of hydrogen-bond donors (Lipinski definition) is 0. The Hall–Kier alpha value is -2.17. The Morgan fingerprint density at radius 2 is 1.65 bits per heavy atom. The Morgan fingerprint density at radius 3 is 2.27 bits per heavy atom. The van der Waals surface area contributed by atoms with Gasteiger partial charge in [-0.25, -0.2) is 0 Å². The van der Waals surface area contributed by atoms with Crippen LogP contribution in [0.2, 0.25) is 5.02 Å². The van der Waals surface area contributed by atoms with Crippen LogP contribution in [0.3, 0.4) is 0 Å². The summed E-state index contributed by atoms with van der Waals surface area (Å²) in [5.41, 5.74) is 1.39. The number of nitrogens with zero attached hydrogens (tertiary/aromatic N) is 1. The van der Waals surface area contributed by atoms with Gasteiger partial charge in [-0.05, 0) is 50.1 Å². The Balaban J connectivity index is 1.80. The van der Waals surface area contributed by atoms with Gasteiger partial charge in [0.05, 0.1) is 11.7 Å². The minimum absolute atomic E-state index is 0.0992. The van der Waals surface area contributed by atoms with E-state index < -0.39 is 0 Å². The van der Waals surface area contributed by atoms with Gasteiger partial charge in [0.2, 0.25) is 0 Å². The van der Waals surface area contributed by atoms with E-state index in [1.54, 1.807) is 48.5 Å². The summed E-state index contributed by atoms with van der Waals surface area (Å²) >= 11 is 5.90. The van der Waals surface area contributed by atoms with E-state index in [9.17, 15) is 9.59 Å². The SMILES string of the molecule is CCOC1CCN(C(=O)c2ccccc2C(=O)c2ccc(Cl)cc2)CC1. The zero-order chi connectivity index (χ0) is 18.5. The Morgan fingerprint density at radius 1 is 1.04 bits per heavy atom. The second kappa shape index (κ2) is 8.47. The summed E-state index contributed by atoms with van der Waals surface area (Å²) in [5.74, 6) is -0.271. The second-order valence-corrected chi connectivity index (χ2v) is 6.76. The van der Waals surface area contributed by atoms with Gasteiger partial charge < -0.3 is 9.64 Å². The molecule has 1 heterocycles. The molecule has 2 aromatic rings. The molecule has 5 heteroatoms. The van der Waals surface area contributed by atoms with Crippen molar-refractivity contribution in [2.45, 2.75) is 25.9 Å². The molecule has 3 rings (SSSR count). The number of piperidine rings is 1. The maximum atomic E-state index is 13.0. The zero-order valence-corrected chi connectivity index (χ0v) is 15.5. The van der Waals surface area contributed by atoms with Crippen molar-refractivity contribution >= 4 is 23.3 Å². The van der Waals surface area contributed by atoms with Crippen LogP contribution in [0.5, 0.6) is 0 Å². The highest BCUT2D eigenvalue weighted by molar-refractivity contribution is 6.30. The van der Waals surface area contributed by atoms with Crippen molar-refractivity contribution in [2.24, 2.45) is 0 Å². The highest BCUT2D eigenvalue weighted by Crippen LogP contribution is 2.21. The van der Waals surface area contributed by atoms with E-state index >= 15 is 0 Å². The normalized spacial score (nSPS) is 15.1. The Kier molecular flexibility index (Phi) is 6.07. The molecule has 1 amide bonds. The molecule has 0 radical (unpaired) electrons. The molecule has 0 aromatic heterocycles. The first-order valence-corrected chi connectivity index (χ1v) is 9.28. The molecule has 26 heavy (non-hydrogen) atoms. The van der Waals surface area contributed by atoms with Crippen molar-refractivity contribution in [2.75, 3.05) is 19.7 Å². The van der Waals surface area contributed by atoms with E-state index in [2.05, 4.69) is 0 Å². The molecule has 0 spiro atoms. The smallest absolute Gasteiger partial charge is 0.254 e. The van der Waals surface area contributed by atoms with E-state index in [4.69, 9.17) is 16.3 Å². The zero-order valence-electron chi connectivity index (χ0n) is 14.8. The van der Waals surface area contributed by atoms with Gasteiger partial charge in [-0.2, -0.15) is 0 Å². The first kappa shape index (κ1) is 18.6. The number of carbonyl (C=O) groups is 2. The molecule has 0 saturated carbocycles. The fourth-order valence-corrected chi connectivity index (χ4v) is 3.38. The number of benzene rings is 2. The van der Waals surface area contributed by atoms with Gasteiger partial charge in [-0.3, -0.25) is 9.59 Å². The van der Waals surface area contributed by atoms with Gasteiger partial charge >= 0.3 is 0 Å². The van der Waals surface area contributed by atoms with E-state index in [0.29, 0.717) is 41.4 Å². The third-order valence-corrected chi connectivity index (χ3v) is 4.89. The molecule has 136 valence electrons. The first-order chi connectivity index (χ1) is 12.6. The number of likely N-dealkylation sites (tertiary alicyclic amines) is 1. The summed E-state index contributed by atoms with van der Waals surface area (Å²) in [6.07, 6.45) is 1.87. The molecule has 0 unspecified atom stereocenters. The summed E-state index contributed by atoms with van der Waals surface area (Å²) in [6, 6.07) is 13.7. The minimum atomic E-state index is -0.171. The average molecular weight is 372 g/mol. The molecule has 4 nitrogen and oxygen atoms in total. The van der Waals surface area contributed by atoms with Crippen molar-refractivity contribution < 1.29 is 14.3 Å². The molecular weight excluding hydrogens is 350 g/mol. The van der Waals surface area contributed by atoms with E-state index in [1.807, 2.05) is 11.8 Å². The second-order valence-electron chi connectivity index (χ2n) is 6.33. The van der Waals surface area contributed by atoms with Gasteiger partial charge in [0.15, 0.2) is 5.78 Å². The van der Waals surface area contributed by atoms with Crippen LogP contribution in [0, 0.1) is 0 Å². The predicted octanol–water partition coefficient (Wildman–Crippen LogP) is 4.21. The molecule has 1 aliphatic rings. The van der Waals surface area contributed by atoms with Crippen molar-refractivity contribution in [1.82, 2.24) is 4.90 Å². The van der Waals surface area contributed by atoms with E-state index in [0.717, 1.165) is 12.8 Å². The van der Waals surface area contributed by atoms with Crippen molar-refractivity contribution in [3.63, 3.8) is 0 Å². The quantitative estimate of drug-likeness (QED) is 0.739. The molecule has 0 bridgehead atoms. The van der Waals surface area contributed by atoms with Crippen LogP contribution in [-0.4, -0.2) is 42.4 Å². The van der Waals surface area contributed by atoms with Crippen LogP contribution >= 0.6 is 11.6 Å². The molecule has 0 aliphatic carbocycles. The van der Waals surface area contributed by atoms with E-state index in [-0.39, 0.29) is 17.8 Å². The number of ether oxygens (including phenoxy) is 1. The highest BCUT2D eigenvalue weighted by Gasteiger charge is 2.26. The summed E-state index contributed by atoms with van der Waals surface area (Å²) in [6.45, 7) is 3.97. The molecular formula is C21H22ClNO3. The van der Waals surface area contributed by atoms with Crippen LogP contribution in [0.1, 0.15) is 46.0 Å². The topological polar surface area (TPSA) is 46.6 Å². The summed E-state index contributed by atoms with van der Waals surface area (Å²) in [4.78, 5) is 27.7. The highest BCUT2D eigenvalue weighted by atomic mass is 35.5. The lowest BCUT2D eigenvalue weighted by Crippen LogP contribution is -2.41. The Bertz CT molecular complexity index is 780. The number of hydrogen-bond acceptors (Lipinski definition) is 3. The Labute approximate surface area is 158 Å². The van der Waals surface area contributed by atoms with Crippen LogP contribution in [-0.2, 0) is 4.74 Å². The maximum absolute atomic E-state index is 13.0. The molecule has 0 N–H and O–H groups in total. The lowest BCUT2D eigenvalue weighted by atomic mass is 9.97. The third kappa shape index (κ3) is 4.14. The lowest BCUT2D eigenvalue weighted by molar-refractivity contribution is 0.0145. The van der Waals surface area contributed by atoms with Crippen molar-refractivity contribution in [3.05, 3.63) is 70.2 Å². The fraction of sp³-hybridized carbons (Fsp3) is 0.333. The maximum Gasteiger partial charge on any atom is 0.254 e. The van der Waals surface area contributed by atoms with Crippen molar-refractivity contribution in [1.29, 1.82) is 0 Å². The monoisotopic (exact) mass is 371 g/mol. The number of amides is 1. The summed E-state index contributed by atoms with van der Waals surface area (Å²) in [7, 11) is 0. The molecule has 1 saturated heterocycles. The minimum Gasteiger partial charge on any atom is -0.378 e. The van der Waals surface area contributed by atoms with Crippen LogP contribution in [0.4, 0.5) is 0 Å². The van der Waals surface area contributed by atoms with Gasteiger partial charge in [0.25, 0.3) is 5.91 Å². The number of ketones is 1. The largest absolute Gasteiger partial charge is 0.378 e. The molecule has 2 aromatic carbocycles. The van der Waals surface area contributed by atoms with Gasteiger partial charge in [-0.15, -0.1) is 0 Å². The fourth-order valence-electron chi connectivity index (χ4n) is 3.26. The number of carbonyl (C=O) groups excluding carboxylic acids is 2. The lowest BCUT2D eigenvalue weighted by Gasteiger charge is -2.32. The van der Waals surface area contributed by atoms with Gasteiger partial charge in [0, 0.05) is 35.8 Å². The van der Waals surface area contributed by atoms with Gasteiger partial charge in [-0.1, -0.05) is 29.8 Å². The number of halogens is 1. The summed E-state index contributed by atoms with van der Waals surface area (Å²) in [5, 5.41) is 0.572. The van der Waals surface area contributed by atoms with E-state index in [1.165, 1.54) is 0 Å². The summed E-state index contributed by atoms with van der Waals surface area (Å²) < 4.78 is 5.64. The standard InChI is InChI=1S/C21H22ClNO3/c1-2-26-17-11-13-23(14-12-17)21(25)19-6-4-3-5-18(19)20(24)15-7-9-16(22)10-8-15/h3-10,17H,2,11-14H2,1H3. The molecule has 1 fully saturated rings. The predicted molar refractivity (Wildman–Crippen MR) is 102 cm³/mol. The average Bonchev–Trinajstić information content (AvgIpc) is 2.68. The first-order valence-electron chi connectivity index (χ1n) is 8.90. The van der Waals surface area contributed by atoms with Crippen LogP contribution in [0.25, 0.3) is 0 Å². The van der Waals surface area contributed by atoms with Crippen LogP contribution in [0.15, 0.2) is 48.5 Å². The molecule has 1 aliphatic heterocycles. The van der Waals surface area contributed by atoms with Crippen LogP contribution < -0.4 is 0 Å².